The third-order valence-corrected chi connectivity index (χ3v) is 4.17. The van der Waals surface area contributed by atoms with Crippen LogP contribution in [0.3, 0.4) is 0 Å². The summed E-state index contributed by atoms with van der Waals surface area (Å²) in [5, 5.41) is 0.700. The number of hydrogen-bond donors (Lipinski definition) is 0. The first kappa shape index (κ1) is 16.4. The number of carbonyl (C=O) groups excluding carboxylic acids is 1. The molecule has 1 aromatic heterocycles. The number of esters is 1. The van der Waals surface area contributed by atoms with E-state index < -0.39 is 11.9 Å². The number of halogens is 2. The lowest BCUT2D eigenvalue weighted by Gasteiger charge is -2.22. The van der Waals surface area contributed by atoms with Crippen LogP contribution in [0.1, 0.15) is 35.2 Å². The Hall–Kier alpha value is -2.50. The highest BCUT2D eigenvalue weighted by Gasteiger charge is 2.31. The number of ether oxygens (including phenoxy) is 2. The number of alkyl halides is 2. The average Bonchev–Trinajstić information content (AvgIpc) is 2.59. The summed E-state index contributed by atoms with van der Waals surface area (Å²) in [6.45, 7) is 0. The summed E-state index contributed by atoms with van der Waals surface area (Å²) in [7, 11) is 2.84. The van der Waals surface area contributed by atoms with Crippen LogP contribution in [0.25, 0.3) is 16.5 Å². The minimum Gasteiger partial charge on any atom is -0.497 e. The van der Waals surface area contributed by atoms with Gasteiger partial charge in [-0.1, -0.05) is 6.08 Å². The Labute approximate surface area is 138 Å². The van der Waals surface area contributed by atoms with Crippen LogP contribution in [-0.2, 0) is 4.74 Å². The standard InChI is InChI=1S/C18H17F2NO3/c1-23-14-8-12-7-13(17(22)24-2)10-21-16(12)15(9-14)11-3-5-18(19,20)6-4-11/h3,7-10H,4-6H2,1-2H3. The van der Waals surface area contributed by atoms with Crippen molar-refractivity contribution in [2.24, 2.45) is 0 Å². The molecule has 1 heterocycles. The second-order valence-electron chi connectivity index (χ2n) is 5.75. The molecule has 1 aromatic carbocycles. The fourth-order valence-electron chi connectivity index (χ4n) is 2.85. The lowest BCUT2D eigenvalue weighted by molar-refractivity contribution is -0.00603. The summed E-state index contributed by atoms with van der Waals surface area (Å²) in [6, 6.07) is 5.22. The molecule has 0 radical (unpaired) electrons. The maximum Gasteiger partial charge on any atom is 0.339 e. The van der Waals surface area contributed by atoms with Crippen molar-refractivity contribution >= 4 is 22.4 Å². The third kappa shape index (κ3) is 3.09. The van der Waals surface area contributed by atoms with Crippen LogP contribution in [0.15, 0.2) is 30.5 Å². The molecule has 3 rings (SSSR count). The number of rotatable bonds is 3. The lowest BCUT2D eigenvalue weighted by Crippen LogP contribution is -2.18. The van der Waals surface area contributed by atoms with Gasteiger partial charge in [0.05, 0.1) is 25.3 Å². The number of hydrogen-bond acceptors (Lipinski definition) is 4. The molecule has 6 heteroatoms. The van der Waals surface area contributed by atoms with Crippen molar-refractivity contribution in [2.75, 3.05) is 14.2 Å². The number of methoxy groups -OCH3 is 2. The van der Waals surface area contributed by atoms with Crippen molar-refractivity contribution in [3.63, 3.8) is 0 Å². The molecule has 4 nitrogen and oxygen atoms in total. The molecule has 24 heavy (non-hydrogen) atoms. The quantitative estimate of drug-likeness (QED) is 0.789. The topological polar surface area (TPSA) is 48.4 Å². The minimum absolute atomic E-state index is 0.183. The molecule has 126 valence electrons. The van der Waals surface area contributed by atoms with E-state index in [9.17, 15) is 13.6 Å². The Kier molecular flexibility index (Phi) is 4.22. The van der Waals surface area contributed by atoms with Gasteiger partial charge >= 0.3 is 5.97 Å². The van der Waals surface area contributed by atoms with Gasteiger partial charge in [-0.2, -0.15) is 0 Å². The van der Waals surface area contributed by atoms with E-state index >= 15 is 0 Å². The summed E-state index contributed by atoms with van der Waals surface area (Å²) in [5.74, 6) is -2.55. The molecule has 2 aromatic rings. The zero-order valence-electron chi connectivity index (χ0n) is 13.4. The highest BCUT2D eigenvalue weighted by molar-refractivity contribution is 5.97. The number of pyridine rings is 1. The first-order valence-electron chi connectivity index (χ1n) is 7.57. The summed E-state index contributed by atoms with van der Waals surface area (Å²) < 4.78 is 36.8. The number of carbonyl (C=O) groups is 1. The zero-order valence-corrected chi connectivity index (χ0v) is 13.4. The monoisotopic (exact) mass is 333 g/mol. The average molecular weight is 333 g/mol. The smallest absolute Gasteiger partial charge is 0.339 e. The molecule has 0 unspecified atom stereocenters. The van der Waals surface area contributed by atoms with Gasteiger partial charge in [-0.25, -0.2) is 13.6 Å². The highest BCUT2D eigenvalue weighted by atomic mass is 19.3. The second kappa shape index (κ2) is 6.19. The number of nitrogens with zero attached hydrogens (tertiary/aromatic N) is 1. The fourth-order valence-corrected chi connectivity index (χ4v) is 2.85. The number of fused-ring (bicyclic) bond motifs is 1. The van der Waals surface area contributed by atoms with E-state index in [1.807, 2.05) is 0 Å². The molecule has 1 aliphatic carbocycles. The Morgan fingerprint density at radius 1 is 1.25 bits per heavy atom. The van der Waals surface area contributed by atoms with Crippen molar-refractivity contribution in [3.05, 3.63) is 41.6 Å². The molecular formula is C18H17F2NO3. The Bertz CT molecular complexity index is 830. The van der Waals surface area contributed by atoms with Crippen LogP contribution in [0.2, 0.25) is 0 Å². The number of benzene rings is 1. The minimum atomic E-state index is -2.65. The molecule has 0 fully saturated rings. The molecule has 1 aliphatic rings. The van der Waals surface area contributed by atoms with E-state index in [0.717, 1.165) is 11.1 Å². The molecule has 0 aliphatic heterocycles. The molecule has 0 saturated heterocycles. The van der Waals surface area contributed by atoms with Crippen LogP contribution < -0.4 is 4.74 Å². The Morgan fingerprint density at radius 2 is 2.04 bits per heavy atom. The summed E-state index contributed by atoms with van der Waals surface area (Å²) >= 11 is 0. The molecule has 0 saturated carbocycles. The first-order valence-corrected chi connectivity index (χ1v) is 7.57. The van der Waals surface area contributed by atoms with Crippen LogP contribution >= 0.6 is 0 Å². The SMILES string of the molecule is COC(=O)c1cnc2c(C3=CCC(F)(F)CC3)cc(OC)cc2c1. The predicted octanol–water partition coefficient (Wildman–Crippen LogP) is 4.23. The Morgan fingerprint density at radius 3 is 2.67 bits per heavy atom. The van der Waals surface area contributed by atoms with E-state index in [-0.39, 0.29) is 19.3 Å². The molecule has 0 atom stereocenters. The van der Waals surface area contributed by atoms with Crippen molar-refractivity contribution in [1.29, 1.82) is 0 Å². The van der Waals surface area contributed by atoms with Crippen molar-refractivity contribution in [2.45, 2.75) is 25.2 Å². The van der Waals surface area contributed by atoms with Crippen molar-refractivity contribution in [1.82, 2.24) is 4.98 Å². The molecular weight excluding hydrogens is 316 g/mol. The largest absolute Gasteiger partial charge is 0.497 e. The van der Waals surface area contributed by atoms with E-state index in [0.29, 0.717) is 22.2 Å². The fraction of sp³-hybridized carbons (Fsp3) is 0.333. The lowest BCUT2D eigenvalue weighted by atomic mass is 9.90. The van der Waals surface area contributed by atoms with Gasteiger partial charge in [0.25, 0.3) is 5.92 Å². The summed E-state index contributed by atoms with van der Waals surface area (Å²) in [5.41, 5.74) is 2.56. The van der Waals surface area contributed by atoms with Gasteiger partial charge in [0.2, 0.25) is 0 Å². The third-order valence-electron chi connectivity index (χ3n) is 4.17. The van der Waals surface area contributed by atoms with Gasteiger partial charge in [-0.05, 0) is 30.2 Å². The molecule has 0 bridgehead atoms. The molecule has 0 amide bonds. The maximum absolute atomic E-state index is 13.4. The normalized spacial score (nSPS) is 16.6. The van der Waals surface area contributed by atoms with Gasteiger partial charge in [-0.15, -0.1) is 0 Å². The number of allylic oxidation sites excluding steroid dienone is 2. The zero-order chi connectivity index (χ0) is 17.3. The summed E-state index contributed by atoms with van der Waals surface area (Å²) in [6.07, 6.45) is 2.81. The van der Waals surface area contributed by atoms with Gasteiger partial charge < -0.3 is 9.47 Å². The van der Waals surface area contributed by atoms with E-state index in [1.54, 1.807) is 24.3 Å². The second-order valence-corrected chi connectivity index (χ2v) is 5.75. The van der Waals surface area contributed by atoms with Crippen molar-refractivity contribution < 1.29 is 23.0 Å². The van der Waals surface area contributed by atoms with E-state index in [4.69, 9.17) is 9.47 Å². The van der Waals surface area contributed by atoms with Crippen LogP contribution in [0.4, 0.5) is 8.78 Å². The first-order chi connectivity index (χ1) is 11.4. The van der Waals surface area contributed by atoms with Gasteiger partial charge in [0, 0.05) is 30.0 Å². The summed E-state index contributed by atoms with van der Waals surface area (Å²) in [4.78, 5) is 16.0. The van der Waals surface area contributed by atoms with Crippen LogP contribution in [0, 0.1) is 0 Å². The Balaban J connectivity index is 2.13. The van der Waals surface area contributed by atoms with Gasteiger partial charge in [0.15, 0.2) is 0 Å². The maximum atomic E-state index is 13.4. The predicted molar refractivity (Wildman–Crippen MR) is 86.4 cm³/mol. The van der Waals surface area contributed by atoms with Gasteiger partial charge in [0.1, 0.15) is 5.75 Å². The molecule has 0 N–H and O–H groups in total. The number of aromatic nitrogens is 1. The van der Waals surface area contributed by atoms with Crippen molar-refractivity contribution in [3.8, 4) is 5.75 Å². The van der Waals surface area contributed by atoms with Crippen LogP contribution in [-0.4, -0.2) is 31.1 Å². The van der Waals surface area contributed by atoms with Gasteiger partial charge in [-0.3, -0.25) is 4.98 Å². The highest BCUT2D eigenvalue weighted by Crippen LogP contribution is 2.39. The molecule has 0 spiro atoms. The van der Waals surface area contributed by atoms with E-state index in [1.165, 1.54) is 20.4 Å². The van der Waals surface area contributed by atoms with E-state index in [2.05, 4.69) is 4.98 Å². The van der Waals surface area contributed by atoms with Crippen LogP contribution in [0.5, 0.6) is 5.75 Å².